The summed E-state index contributed by atoms with van der Waals surface area (Å²) in [6, 6.07) is 97.6. The van der Waals surface area contributed by atoms with E-state index in [9.17, 15) is 0 Å². The number of pyridine rings is 2. The normalized spacial score (nSPS) is 11.3. The van der Waals surface area contributed by atoms with Gasteiger partial charge in [0.1, 0.15) is 5.58 Å². The Bertz CT molecular complexity index is 4460. The number of hydrogen-bond acceptors (Lipinski definition) is 4. The van der Waals surface area contributed by atoms with Gasteiger partial charge in [-0.1, -0.05) is 203 Å². The van der Waals surface area contributed by atoms with Crippen LogP contribution in [0.25, 0.3) is 106 Å². The molecule has 0 aliphatic heterocycles. The molecule has 14 aromatic rings. The fraction of sp³-hybridized carbons (Fsp3) is 0.123. The molecule has 0 unspecified atom stereocenters. The first-order valence-electron chi connectivity index (χ1n) is 29.9. The first-order valence-corrected chi connectivity index (χ1v) is 29.9. The van der Waals surface area contributed by atoms with E-state index < -0.39 is 0 Å². The monoisotopic (exact) mass is 1300 g/mol. The summed E-state index contributed by atoms with van der Waals surface area (Å²) >= 11 is 0. The van der Waals surface area contributed by atoms with Crippen LogP contribution in [0.5, 0.6) is 0 Å². The molecule has 10 aromatic carbocycles. The smallest absolute Gasteiger partial charge is 0.501 e. The third-order valence-electron chi connectivity index (χ3n) is 16.3. The summed E-state index contributed by atoms with van der Waals surface area (Å²) in [4.78, 5) is 14.4. The molecule has 0 spiro atoms. The summed E-state index contributed by atoms with van der Waals surface area (Å²) in [5.74, 6) is 1.35. The van der Waals surface area contributed by atoms with Gasteiger partial charge in [-0.2, -0.15) is 0 Å². The van der Waals surface area contributed by atoms with Crippen molar-refractivity contribution in [3.63, 3.8) is 0 Å². The zero-order valence-corrected chi connectivity index (χ0v) is 51.7. The zero-order chi connectivity index (χ0) is 58.3. The second kappa shape index (κ2) is 26.4. The number of fused-ring (bicyclic) bond motifs is 4. The van der Waals surface area contributed by atoms with Crippen LogP contribution in [-0.4, -0.2) is 19.5 Å². The summed E-state index contributed by atoms with van der Waals surface area (Å²) in [6.45, 7) is 9.17. The number of aryl methyl sites for hydroxylation is 4. The van der Waals surface area contributed by atoms with Crippen LogP contribution in [0.4, 0.5) is 0 Å². The van der Waals surface area contributed by atoms with Gasteiger partial charge in [-0.05, 0) is 140 Å². The number of nitrogens with zero attached hydrogens (tertiary/aromatic N) is 4. The molecule has 5 nitrogen and oxygen atoms in total. The average molecular weight is 1300 g/mol. The maximum absolute atomic E-state index is 6.78. The fourth-order valence-corrected chi connectivity index (χ4v) is 11.7. The molecule has 14 rings (SSSR count). The van der Waals surface area contributed by atoms with Crippen LogP contribution in [-0.2, 0) is 45.8 Å². The van der Waals surface area contributed by atoms with Gasteiger partial charge in [-0.25, -0.2) is 0 Å². The summed E-state index contributed by atoms with van der Waals surface area (Å²) in [5, 5.41) is 2.14. The van der Waals surface area contributed by atoms with E-state index in [1.54, 1.807) is 0 Å². The zero-order valence-electron chi connectivity index (χ0n) is 49.3. The van der Waals surface area contributed by atoms with E-state index in [0.717, 1.165) is 104 Å². The Morgan fingerprint density at radius 3 is 1.70 bits per heavy atom. The van der Waals surface area contributed by atoms with Gasteiger partial charge in [-0.15, -0.1) is 89.5 Å². The van der Waals surface area contributed by atoms with Gasteiger partial charge in [0, 0.05) is 23.5 Å². The Morgan fingerprint density at radius 1 is 0.437 bits per heavy atom. The van der Waals surface area contributed by atoms with Crippen LogP contribution < -0.4 is 0 Å². The minimum Gasteiger partial charge on any atom is -0.501 e. The van der Waals surface area contributed by atoms with Crippen molar-refractivity contribution < 1.29 is 24.5 Å². The molecular formula is C81H65IrN4O. The molecule has 0 amide bonds. The standard InChI is InChI=1S/C49H39N2O.C32H26N2.Ir/c1-31(2)42-28-38(36-24-22-35(23-25-36)33-14-7-5-8-15-33)29-43(32(3)4)47(42)51-45-21-12-11-20-44(45)50-49(51)41-19-13-18-40-39-27-26-37(30-46(39)52-48(40)41)34-16-9-6-10-17-34;1-2-9-29(10-3-1)32-21-18-28(24-34-32)15-14-27-8-6-7-26(23-27)13-12-25-16-19-30(20-17-25)31-11-4-5-22-33-31;/h5-18,20-32H,1-4H3;1-9,11,16-19,21-24H,12-15H2;/q-1;-2;+3. The van der Waals surface area contributed by atoms with E-state index >= 15 is 0 Å². The summed E-state index contributed by atoms with van der Waals surface area (Å²) < 4.78 is 9.15. The molecule has 0 saturated carbocycles. The largest absolute Gasteiger partial charge is 3.00 e. The van der Waals surface area contributed by atoms with Crippen molar-refractivity contribution in [2.45, 2.75) is 65.2 Å². The topological polar surface area (TPSA) is 56.7 Å². The van der Waals surface area contributed by atoms with Crippen LogP contribution in [0.1, 0.15) is 72.9 Å². The van der Waals surface area contributed by atoms with Crippen molar-refractivity contribution in [1.82, 2.24) is 19.5 Å². The van der Waals surface area contributed by atoms with Gasteiger partial charge < -0.3 is 19.0 Å². The SMILES string of the molecule is CC(C)c1cc(-c2ccc(-c3ccccc3)cc2)cc(C(C)C)c1-n1c(-c2[c-]ccc3c2oc2cc(-c4ccccc4)ccc23)nc2ccccc21.[Ir+3].[c-]1cc(CCc2cccc(CCc3ccc(-c4[c-]cccc4)nc3)c2)ccc1-c1ccccn1. The number of rotatable bonds is 15. The van der Waals surface area contributed by atoms with Crippen LogP contribution in [0.15, 0.2) is 266 Å². The maximum Gasteiger partial charge on any atom is 3.00 e. The molecule has 0 radical (unpaired) electrons. The first-order chi connectivity index (χ1) is 42.3. The van der Waals surface area contributed by atoms with Crippen LogP contribution in [0.2, 0.25) is 0 Å². The predicted octanol–water partition coefficient (Wildman–Crippen LogP) is 20.6. The summed E-state index contributed by atoms with van der Waals surface area (Å²) in [7, 11) is 0. The van der Waals surface area contributed by atoms with E-state index in [1.807, 2.05) is 67.0 Å². The van der Waals surface area contributed by atoms with Crippen molar-refractivity contribution in [2.75, 3.05) is 0 Å². The number of aromatic nitrogens is 4. The van der Waals surface area contributed by atoms with E-state index in [-0.39, 0.29) is 31.9 Å². The second-order valence-corrected chi connectivity index (χ2v) is 22.8. The van der Waals surface area contributed by atoms with Gasteiger partial charge in [0.15, 0.2) is 0 Å². The van der Waals surface area contributed by atoms with Crippen molar-refractivity contribution in [1.29, 1.82) is 0 Å². The Balaban J connectivity index is 0.000000183. The molecule has 0 fully saturated rings. The van der Waals surface area contributed by atoms with Crippen molar-refractivity contribution >= 4 is 33.0 Å². The Kier molecular flexibility index (Phi) is 17.5. The Labute approximate surface area is 524 Å². The van der Waals surface area contributed by atoms with Crippen LogP contribution in [0, 0.1) is 18.2 Å². The quantitative estimate of drug-likeness (QED) is 0.0960. The molecule has 0 saturated heterocycles. The number of furan rings is 1. The molecule has 6 heteroatoms. The molecule has 0 aliphatic rings. The molecular weight excluding hydrogens is 1240 g/mol. The van der Waals surface area contributed by atoms with Gasteiger partial charge in [0.25, 0.3) is 0 Å². The molecule has 0 bridgehead atoms. The number of hydrogen-bond donors (Lipinski definition) is 0. The Hall–Kier alpha value is -9.58. The molecule has 4 aromatic heterocycles. The number of imidazole rings is 1. The Morgan fingerprint density at radius 2 is 1.05 bits per heavy atom. The van der Waals surface area contributed by atoms with Crippen molar-refractivity contribution in [3.05, 3.63) is 313 Å². The molecule has 87 heavy (non-hydrogen) atoms. The van der Waals surface area contributed by atoms with E-state index in [0.29, 0.717) is 0 Å². The van der Waals surface area contributed by atoms with Crippen LogP contribution >= 0.6 is 0 Å². The number of benzene rings is 10. The molecule has 4 heterocycles. The van der Waals surface area contributed by atoms with Crippen molar-refractivity contribution in [3.8, 4) is 73.0 Å². The van der Waals surface area contributed by atoms with Crippen molar-refractivity contribution in [2.24, 2.45) is 0 Å². The summed E-state index contributed by atoms with van der Waals surface area (Å²) in [6.07, 6.45) is 7.83. The minimum absolute atomic E-state index is 0. The van der Waals surface area contributed by atoms with Gasteiger partial charge in [-0.3, -0.25) is 4.98 Å². The number of para-hydroxylation sites is 2. The predicted molar refractivity (Wildman–Crippen MR) is 355 cm³/mol. The third-order valence-corrected chi connectivity index (χ3v) is 16.3. The molecule has 0 aliphatic carbocycles. The van der Waals surface area contributed by atoms with Gasteiger partial charge in [0.05, 0.1) is 22.4 Å². The molecule has 0 atom stereocenters. The minimum atomic E-state index is 0. The molecule has 0 N–H and O–H groups in total. The average Bonchev–Trinajstić information content (AvgIpc) is 1.66. The third kappa shape index (κ3) is 12.7. The summed E-state index contributed by atoms with van der Waals surface area (Å²) in [5.41, 5.74) is 24.7. The van der Waals surface area contributed by atoms with Crippen LogP contribution in [0.3, 0.4) is 0 Å². The van der Waals surface area contributed by atoms with E-state index in [1.165, 1.54) is 61.3 Å². The van der Waals surface area contributed by atoms with E-state index in [4.69, 9.17) is 9.40 Å². The molecule has 424 valence electrons. The maximum atomic E-state index is 6.78. The van der Waals surface area contributed by atoms with Gasteiger partial charge in [0.2, 0.25) is 0 Å². The van der Waals surface area contributed by atoms with E-state index in [2.05, 4.69) is 255 Å². The fourth-order valence-electron chi connectivity index (χ4n) is 11.7. The van der Waals surface area contributed by atoms with Gasteiger partial charge >= 0.3 is 20.1 Å². The first kappa shape index (κ1) is 57.8. The second-order valence-electron chi connectivity index (χ2n) is 22.8.